The van der Waals surface area contributed by atoms with Crippen molar-refractivity contribution in [2.45, 2.75) is 20.3 Å². The Balaban J connectivity index is 2.58. The molecule has 0 aliphatic heterocycles. The maximum absolute atomic E-state index is 11.7. The molecule has 90 valence electrons. The van der Waals surface area contributed by atoms with Gasteiger partial charge in [-0.25, -0.2) is 0 Å². The van der Waals surface area contributed by atoms with Crippen molar-refractivity contribution in [3.63, 3.8) is 0 Å². The molecule has 1 aliphatic rings. The number of amides is 1. The SMILES string of the molecule is CC(C)[C@]1(C(=O)O)C[C@H]1C(=O)NC/C=C/Br. The average Bonchev–Trinajstić information content (AvgIpc) is 2.94. The Labute approximate surface area is 103 Å². The van der Waals surface area contributed by atoms with Crippen LogP contribution >= 0.6 is 15.9 Å². The fourth-order valence-corrected chi connectivity index (χ4v) is 2.24. The van der Waals surface area contributed by atoms with Gasteiger partial charge in [0.15, 0.2) is 0 Å². The van der Waals surface area contributed by atoms with Crippen molar-refractivity contribution in [2.75, 3.05) is 6.54 Å². The Kier molecular flexibility index (Phi) is 4.13. The lowest BCUT2D eigenvalue weighted by Crippen LogP contribution is -2.32. The molecule has 0 heterocycles. The highest BCUT2D eigenvalue weighted by Crippen LogP contribution is 2.58. The molecular formula is C11H16BrNO3. The third-order valence-corrected chi connectivity index (χ3v) is 3.61. The third kappa shape index (κ3) is 2.29. The van der Waals surface area contributed by atoms with Crippen molar-refractivity contribution in [2.24, 2.45) is 17.3 Å². The second-order valence-corrected chi connectivity index (χ2v) is 4.89. The van der Waals surface area contributed by atoms with Crippen LogP contribution in [0.4, 0.5) is 0 Å². The van der Waals surface area contributed by atoms with Gasteiger partial charge in [-0.2, -0.15) is 0 Å². The van der Waals surface area contributed by atoms with Crippen LogP contribution in [0.5, 0.6) is 0 Å². The molecule has 0 aromatic carbocycles. The first-order chi connectivity index (χ1) is 7.46. The van der Waals surface area contributed by atoms with Crippen molar-refractivity contribution in [1.29, 1.82) is 0 Å². The van der Waals surface area contributed by atoms with Crippen LogP contribution in [0.15, 0.2) is 11.1 Å². The molecule has 1 fully saturated rings. The number of aliphatic carboxylic acids is 1. The van der Waals surface area contributed by atoms with E-state index < -0.39 is 11.4 Å². The largest absolute Gasteiger partial charge is 0.481 e. The molecule has 2 N–H and O–H groups in total. The van der Waals surface area contributed by atoms with Crippen LogP contribution in [0.2, 0.25) is 0 Å². The van der Waals surface area contributed by atoms with Gasteiger partial charge in [-0.15, -0.1) is 0 Å². The molecule has 1 saturated carbocycles. The third-order valence-electron chi connectivity index (χ3n) is 3.23. The van der Waals surface area contributed by atoms with Crippen LogP contribution < -0.4 is 5.32 Å². The molecule has 0 saturated heterocycles. The summed E-state index contributed by atoms with van der Waals surface area (Å²) >= 11 is 3.10. The standard InChI is InChI=1S/C11H16BrNO3/c1-7(2)11(10(15)16)6-8(11)9(14)13-5-3-4-12/h3-4,7-8H,5-6H2,1-2H3,(H,13,14)(H,15,16)/b4-3+/t8-,11+/m0/s1. The zero-order valence-corrected chi connectivity index (χ0v) is 11.0. The lowest BCUT2D eigenvalue weighted by atomic mass is 9.89. The number of hydrogen-bond acceptors (Lipinski definition) is 2. The number of hydrogen-bond donors (Lipinski definition) is 2. The second kappa shape index (κ2) is 4.99. The Morgan fingerprint density at radius 1 is 1.62 bits per heavy atom. The molecule has 0 spiro atoms. The first kappa shape index (κ1) is 13.2. The Bertz CT molecular complexity index is 327. The van der Waals surface area contributed by atoms with Crippen molar-refractivity contribution in [1.82, 2.24) is 5.32 Å². The van der Waals surface area contributed by atoms with E-state index in [4.69, 9.17) is 5.11 Å². The van der Waals surface area contributed by atoms with E-state index in [9.17, 15) is 9.59 Å². The van der Waals surface area contributed by atoms with Crippen LogP contribution in [-0.2, 0) is 9.59 Å². The summed E-state index contributed by atoms with van der Waals surface area (Å²) in [7, 11) is 0. The van der Waals surface area contributed by atoms with Crippen molar-refractivity contribution < 1.29 is 14.7 Å². The minimum absolute atomic E-state index is 0.0209. The van der Waals surface area contributed by atoms with E-state index in [2.05, 4.69) is 21.2 Å². The van der Waals surface area contributed by atoms with Gasteiger partial charge in [0, 0.05) is 6.54 Å². The lowest BCUT2D eigenvalue weighted by Gasteiger charge is -2.16. The smallest absolute Gasteiger partial charge is 0.310 e. The number of carboxylic acids is 1. The molecule has 0 aromatic rings. The molecule has 0 radical (unpaired) electrons. The molecule has 1 aliphatic carbocycles. The molecule has 1 amide bonds. The number of halogens is 1. The summed E-state index contributed by atoms with van der Waals surface area (Å²) in [5, 5.41) is 11.9. The highest BCUT2D eigenvalue weighted by molar-refractivity contribution is 9.11. The fraction of sp³-hybridized carbons (Fsp3) is 0.636. The fourth-order valence-electron chi connectivity index (χ4n) is 2.05. The van der Waals surface area contributed by atoms with Crippen molar-refractivity contribution >= 4 is 27.8 Å². The number of carboxylic acid groups (broad SMARTS) is 1. The first-order valence-corrected chi connectivity index (χ1v) is 6.14. The zero-order valence-electron chi connectivity index (χ0n) is 9.37. The van der Waals surface area contributed by atoms with Crippen molar-refractivity contribution in [3.05, 3.63) is 11.1 Å². The topological polar surface area (TPSA) is 66.4 Å². The quantitative estimate of drug-likeness (QED) is 0.810. The molecule has 0 bridgehead atoms. The van der Waals surface area contributed by atoms with E-state index in [1.54, 1.807) is 11.1 Å². The van der Waals surface area contributed by atoms with Crippen LogP contribution in [0.3, 0.4) is 0 Å². The lowest BCUT2D eigenvalue weighted by molar-refractivity contribution is -0.147. The highest BCUT2D eigenvalue weighted by atomic mass is 79.9. The maximum atomic E-state index is 11.7. The second-order valence-electron chi connectivity index (χ2n) is 4.36. The molecule has 5 heteroatoms. The minimum Gasteiger partial charge on any atom is -0.481 e. The summed E-state index contributed by atoms with van der Waals surface area (Å²) in [6.45, 7) is 4.12. The van der Waals surface area contributed by atoms with Gasteiger partial charge in [0.25, 0.3) is 0 Å². The summed E-state index contributed by atoms with van der Waals surface area (Å²) in [6.07, 6.45) is 2.20. The van der Waals surface area contributed by atoms with Crippen LogP contribution in [0.25, 0.3) is 0 Å². The average molecular weight is 290 g/mol. The van der Waals surface area contributed by atoms with E-state index in [1.165, 1.54) is 0 Å². The van der Waals surface area contributed by atoms with Gasteiger partial charge < -0.3 is 10.4 Å². The molecule has 0 aromatic heterocycles. The monoisotopic (exact) mass is 289 g/mol. The maximum Gasteiger partial charge on any atom is 0.310 e. The van der Waals surface area contributed by atoms with Gasteiger partial charge >= 0.3 is 5.97 Å². The zero-order chi connectivity index (χ0) is 12.3. The van der Waals surface area contributed by atoms with E-state index in [0.29, 0.717) is 13.0 Å². The summed E-state index contributed by atoms with van der Waals surface area (Å²) in [5.74, 6) is -1.43. The molecule has 0 unspecified atom stereocenters. The molecule has 4 nitrogen and oxygen atoms in total. The van der Waals surface area contributed by atoms with Gasteiger partial charge in [0.05, 0.1) is 11.3 Å². The van der Waals surface area contributed by atoms with Gasteiger partial charge in [0.2, 0.25) is 5.91 Å². The van der Waals surface area contributed by atoms with E-state index in [1.807, 2.05) is 13.8 Å². The Morgan fingerprint density at radius 2 is 2.25 bits per heavy atom. The van der Waals surface area contributed by atoms with E-state index >= 15 is 0 Å². The van der Waals surface area contributed by atoms with Crippen LogP contribution in [0, 0.1) is 17.3 Å². The normalized spacial score (nSPS) is 28.4. The van der Waals surface area contributed by atoms with Crippen molar-refractivity contribution in [3.8, 4) is 0 Å². The molecule has 2 atom stereocenters. The van der Waals surface area contributed by atoms with Crippen LogP contribution in [0.1, 0.15) is 20.3 Å². The predicted molar refractivity (Wildman–Crippen MR) is 64.1 cm³/mol. The molecular weight excluding hydrogens is 274 g/mol. The number of carbonyl (C=O) groups is 2. The Hall–Kier alpha value is -0.840. The number of carbonyl (C=O) groups excluding carboxylic acids is 1. The van der Waals surface area contributed by atoms with E-state index in [-0.39, 0.29) is 17.7 Å². The van der Waals surface area contributed by atoms with Gasteiger partial charge in [0.1, 0.15) is 0 Å². The molecule has 16 heavy (non-hydrogen) atoms. The van der Waals surface area contributed by atoms with Crippen LogP contribution in [-0.4, -0.2) is 23.5 Å². The highest BCUT2D eigenvalue weighted by Gasteiger charge is 2.65. The number of nitrogens with one attached hydrogen (secondary N) is 1. The summed E-state index contributed by atoms with van der Waals surface area (Å²) in [5.41, 5.74) is -0.845. The molecule has 1 rings (SSSR count). The van der Waals surface area contributed by atoms with Gasteiger partial charge in [-0.05, 0) is 17.3 Å². The van der Waals surface area contributed by atoms with Gasteiger partial charge in [-0.3, -0.25) is 9.59 Å². The first-order valence-electron chi connectivity index (χ1n) is 5.23. The minimum atomic E-state index is -0.862. The predicted octanol–water partition coefficient (Wildman–Crippen LogP) is 1.76. The number of rotatable bonds is 5. The Morgan fingerprint density at radius 3 is 2.62 bits per heavy atom. The summed E-state index contributed by atoms with van der Waals surface area (Å²) in [6, 6.07) is 0. The van der Waals surface area contributed by atoms with E-state index in [0.717, 1.165) is 0 Å². The summed E-state index contributed by atoms with van der Waals surface area (Å²) < 4.78 is 0. The summed E-state index contributed by atoms with van der Waals surface area (Å²) in [4.78, 5) is 24.5. The van der Waals surface area contributed by atoms with Gasteiger partial charge in [-0.1, -0.05) is 35.9 Å².